The lowest BCUT2D eigenvalue weighted by molar-refractivity contribution is -0.130. The largest absolute Gasteiger partial charge is 0.345 e. The van der Waals surface area contributed by atoms with Crippen LogP contribution in [0.2, 0.25) is 0 Å². The van der Waals surface area contributed by atoms with Crippen molar-refractivity contribution in [3.05, 3.63) is 35.5 Å². The van der Waals surface area contributed by atoms with Crippen LogP contribution < -0.4 is 5.32 Å². The van der Waals surface area contributed by atoms with E-state index in [1.807, 2.05) is 25.3 Å². The maximum atomic E-state index is 12.3. The molecule has 1 aliphatic rings. The summed E-state index contributed by atoms with van der Waals surface area (Å²) in [6, 6.07) is 2.09. The quantitative estimate of drug-likeness (QED) is 0.821. The summed E-state index contributed by atoms with van der Waals surface area (Å²) in [5, 5.41) is 10.5. The number of rotatable bonds is 5. The van der Waals surface area contributed by atoms with Crippen LogP contribution in [0, 0.1) is 13.8 Å². The molecule has 26 heavy (non-hydrogen) atoms. The van der Waals surface area contributed by atoms with Crippen LogP contribution in [0.4, 0.5) is 5.13 Å². The summed E-state index contributed by atoms with van der Waals surface area (Å²) in [7, 11) is 1.55. The van der Waals surface area contributed by atoms with Crippen LogP contribution in [-0.4, -0.2) is 39.1 Å². The van der Waals surface area contributed by atoms with Crippen molar-refractivity contribution in [2.45, 2.75) is 33.2 Å². The zero-order valence-corrected chi connectivity index (χ0v) is 15.9. The van der Waals surface area contributed by atoms with Gasteiger partial charge in [-0.05, 0) is 19.9 Å². The minimum atomic E-state index is -0.317. The molecule has 0 bridgehead atoms. The number of nitrogens with one attached hydrogen (secondary N) is 1. The van der Waals surface area contributed by atoms with Gasteiger partial charge in [-0.2, -0.15) is 5.10 Å². The highest BCUT2D eigenvalue weighted by atomic mass is 32.1. The van der Waals surface area contributed by atoms with Crippen LogP contribution in [0.25, 0.3) is 11.3 Å². The van der Waals surface area contributed by atoms with Crippen molar-refractivity contribution >= 4 is 34.0 Å². The van der Waals surface area contributed by atoms with Gasteiger partial charge in [-0.1, -0.05) is 6.08 Å². The van der Waals surface area contributed by atoms with E-state index in [2.05, 4.69) is 32.6 Å². The van der Waals surface area contributed by atoms with Crippen molar-refractivity contribution < 1.29 is 9.59 Å². The monoisotopic (exact) mass is 371 g/mol. The minimum absolute atomic E-state index is 0.0898. The second kappa shape index (κ2) is 7.25. The van der Waals surface area contributed by atoms with E-state index in [9.17, 15) is 9.59 Å². The number of aryl methyl sites for hydroxylation is 1. The summed E-state index contributed by atoms with van der Waals surface area (Å²) in [4.78, 5) is 28.3. The number of amides is 2. The third-order valence-electron chi connectivity index (χ3n) is 4.36. The van der Waals surface area contributed by atoms with E-state index < -0.39 is 0 Å². The average molecular weight is 371 g/mol. The number of thiazole rings is 1. The lowest BCUT2D eigenvalue weighted by atomic mass is 10.1. The predicted octanol–water partition coefficient (Wildman–Crippen LogP) is 2.96. The van der Waals surface area contributed by atoms with Crippen LogP contribution >= 0.6 is 11.3 Å². The first-order valence-electron chi connectivity index (χ1n) is 8.29. The second-order valence-electron chi connectivity index (χ2n) is 6.14. The number of nitrogens with zero attached hydrogens (tertiary/aromatic N) is 4. The Hall–Kier alpha value is -2.74. The van der Waals surface area contributed by atoms with Crippen LogP contribution in [0.1, 0.15) is 24.2 Å². The van der Waals surface area contributed by atoms with Gasteiger partial charge in [0.15, 0.2) is 5.13 Å². The highest BCUT2D eigenvalue weighted by Gasteiger charge is 2.23. The molecule has 0 radical (unpaired) electrons. The van der Waals surface area contributed by atoms with E-state index in [0.717, 1.165) is 29.2 Å². The molecule has 8 heteroatoms. The Kier molecular flexibility index (Phi) is 5.03. The number of aromatic nitrogens is 2. The number of hydrogen-bond donors (Lipinski definition) is 1. The molecule has 0 fully saturated rings. The summed E-state index contributed by atoms with van der Waals surface area (Å²) in [6.07, 6.45) is 2.50. The SMILES string of the molecule is C=CCn1c(C)cc(-c2csc(NC(=O)C3=NN(C)C(=O)CC3)n2)c1C. The summed E-state index contributed by atoms with van der Waals surface area (Å²) < 4.78 is 2.17. The van der Waals surface area contributed by atoms with Gasteiger partial charge in [-0.25, -0.2) is 9.99 Å². The zero-order valence-electron chi connectivity index (χ0n) is 15.1. The maximum Gasteiger partial charge on any atom is 0.273 e. The molecular formula is C18H21N5O2S. The van der Waals surface area contributed by atoms with Gasteiger partial charge in [0, 0.05) is 48.8 Å². The first kappa shape index (κ1) is 18.1. The smallest absolute Gasteiger partial charge is 0.273 e. The fourth-order valence-electron chi connectivity index (χ4n) is 2.93. The molecule has 7 nitrogen and oxygen atoms in total. The number of hydrazone groups is 1. The Bertz CT molecular complexity index is 909. The molecule has 1 N–H and O–H groups in total. The van der Waals surface area contributed by atoms with E-state index in [1.54, 1.807) is 7.05 Å². The van der Waals surface area contributed by atoms with Crippen LogP contribution in [0.15, 0.2) is 29.2 Å². The molecule has 0 aromatic carbocycles. The molecule has 2 amide bonds. The van der Waals surface area contributed by atoms with Crippen LogP contribution in [0.5, 0.6) is 0 Å². The third-order valence-corrected chi connectivity index (χ3v) is 5.11. The number of carbonyl (C=O) groups is 2. The van der Waals surface area contributed by atoms with Crippen molar-refractivity contribution in [2.24, 2.45) is 5.10 Å². The molecule has 136 valence electrons. The molecule has 0 atom stereocenters. The lowest BCUT2D eigenvalue weighted by Gasteiger charge is -2.18. The second-order valence-corrected chi connectivity index (χ2v) is 7.00. The van der Waals surface area contributed by atoms with E-state index in [0.29, 0.717) is 23.7 Å². The van der Waals surface area contributed by atoms with Crippen molar-refractivity contribution in [3.63, 3.8) is 0 Å². The number of anilines is 1. The number of hydrogen-bond acceptors (Lipinski definition) is 5. The van der Waals surface area contributed by atoms with Gasteiger partial charge in [0.25, 0.3) is 5.91 Å². The molecular weight excluding hydrogens is 350 g/mol. The Morgan fingerprint density at radius 2 is 2.19 bits per heavy atom. The molecule has 3 heterocycles. The van der Waals surface area contributed by atoms with E-state index in [4.69, 9.17) is 0 Å². The molecule has 2 aromatic heterocycles. The summed E-state index contributed by atoms with van der Waals surface area (Å²) in [6.45, 7) is 8.64. The highest BCUT2D eigenvalue weighted by molar-refractivity contribution is 7.14. The molecule has 0 aliphatic carbocycles. The van der Waals surface area contributed by atoms with Crippen molar-refractivity contribution in [1.29, 1.82) is 0 Å². The molecule has 2 aromatic rings. The van der Waals surface area contributed by atoms with Gasteiger partial charge >= 0.3 is 0 Å². The first-order chi connectivity index (χ1) is 12.4. The number of carbonyl (C=O) groups excluding carboxylic acids is 2. The predicted molar refractivity (Wildman–Crippen MR) is 103 cm³/mol. The third kappa shape index (κ3) is 3.45. The average Bonchev–Trinajstić information content (AvgIpc) is 3.17. The van der Waals surface area contributed by atoms with Gasteiger partial charge in [-0.3, -0.25) is 14.9 Å². The van der Waals surface area contributed by atoms with Gasteiger partial charge < -0.3 is 4.57 Å². The summed E-state index contributed by atoms with van der Waals surface area (Å²) in [5.74, 6) is -0.407. The van der Waals surface area contributed by atoms with Gasteiger partial charge in [0.05, 0.1) is 5.69 Å². The number of allylic oxidation sites excluding steroid dienone is 1. The van der Waals surface area contributed by atoms with Crippen molar-refractivity contribution in [3.8, 4) is 11.3 Å². The fourth-order valence-corrected chi connectivity index (χ4v) is 3.63. The molecule has 0 unspecified atom stereocenters. The molecule has 0 saturated carbocycles. The van der Waals surface area contributed by atoms with E-state index >= 15 is 0 Å². The van der Waals surface area contributed by atoms with Gasteiger partial charge in [0.2, 0.25) is 5.91 Å². The lowest BCUT2D eigenvalue weighted by Crippen LogP contribution is -2.34. The van der Waals surface area contributed by atoms with Crippen LogP contribution in [0.3, 0.4) is 0 Å². The Morgan fingerprint density at radius 3 is 2.88 bits per heavy atom. The fraction of sp³-hybridized carbons (Fsp3) is 0.333. The summed E-state index contributed by atoms with van der Waals surface area (Å²) >= 11 is 1.37. The first-order valence-corrected chi connectivity index (χ1v) is 9.17. The summed E-state index contributed by atoms with van der Waals surface area (Å²) in [5.41, 5.74) is 4.46. The normalized spacial score (nSPS) is 14.3. The van der Waals surface area contributed by atoms with Crippen molar-refractivity contribution in [1.82, 2.24) is 14.6 Å². The van der Waals surface area contributed by atoms with Crippen LogP contribution in [-0.2, 0) is 16.1 Å². The molecule has 3 rings (SSSR count). The van der Waals surface area contributed by atoms with Gasteiger partial charge in [-0.15, -0.1) is 17.9 Å². The topological polar surface area (TPSA) is 79.6 Å². The Labute approximate surface area is 156 Å². The van der Waals surface area contributed by atoms with Crippen molar-refractivity contribution in [2.75, 3.05) is 12.4 Å². The Balaban J connectivity index is 1.78. The minimum Gasteiger partial charge on any atom is -0.345 e. The maximum absolute atomic E-state index is 12.3. The van der Waals surface area contributed by atoms with Gasteiger partial charge in [0.1, 0.15) is 5.71 Å². The molecule has 0 saturated heterocycles. The highest BCUT2D eigenvalue weighted by Crippen LogP contribution is 2.30. The van der Waals surface area contributed by atoms with E-state index in [-0.39, 0.29) is 11.8 Å². The standard InChI is InChI=1S/C18H21N5O2S/c1-5-8-23-11(2)9-13(12(23)3)15-10-26-18(19-15)20-17(25)14-6-7-16(24)22(4)21-14/h5,9-10H,1,6-8H2,2-4H3,(H,19,20,25). The van der Waals surface area contributed by atoms with E-state index in [1.165, 1.54) is 16.3 Å². The molecule has 1 aliphatic heterocycles. The molecule has 0 spiro atoms. The Morgan fingerprint density at radius 1 is 1.42 bits per heavy atom. The zero-order chi connectivity index (χ0) is 18.8.